The van der Waals surface area contributed by atoms with E-state index < -0.39 is 102 Å². The molecule has 71 heavy (non-hydrogen) atoms. The van der Waals surface area contributed by atoms with Crippen molar-refractivity contribution in [2.75, 3.05) is 13.1 Å². The van der Waals surface area contributed by atoms with Crippen LogP contribution in [0.4, 0.5) is 4.79 Å². The number of nitrogens with two attached hydrogens (primary N) is 2. The van der Waals surface area contributed by atoms with E-state index in [1.54, 1.807) is 36.5 Å². The molecule has 378 valence electrons. The number of fused-ring (bicyclic) bond motifs is 3. The van der Waals surface area contributed by atoms with Crippen LogP contribution in [0.5, 0.6) is 0 Å². The quantitative estimate of drug-likeness (QED) is 0.0321. The van der Waals surface area contributed by atoms with Gasteiger partial charge >= 0.3 is 6.03 Å². The second-order valence-corrected chi connectivity index (χ2v) is 17.4. The molecule has 2 aromatic heterocycles. The molecule has 4 aromatic rings. The van der Waals surface area contributed by atoms with Crippen LogP contribution in [0, 0.1) is 5.41 Å². The van der Waals surface area contributed by atoms with E-state index >= 15 is 0 Å². The van der Waals surface area contributed by atoms with Gasteiger partial charge in [-0.3, -0.25) is 54.0 Å². The van der Waals surface area contributed by atoms with Crippen molar-refractivity contribution in [3.05, 3.63) is 90.1 Å². The third-order valence-corrected chi connectivity index (χ3v) is 12.3. The standard InChI is InChI=1S/C47H61N15O9/c1-26-41(65)58-37(21-29-23-52-25-55-29)45(69)59-35(19-27-9-3-2-4-10-27)43(67)57-33(14-7-17-51-24-48)42(66)60-36(20-28-22-54-31-12-6-5-11-30(28)31)44(68)56-32(40(50)64)13-8-18-53-39(49)38(63)16-15-34-46(70)62(26)47(71)61-34/h2-6,9-12,22-26,32-37,39,53-54H,7-8,13-21,49H2,1H3,(H2,48,51)(H2,50,64)(H,52,55)(H,56,68)(H,57,67)(H,58,65)(H,59,69)(H,60,66)(H,61,71)/t26-,32+,33+,34+,35-,36+,37+,39?/m1/s1. The third-order valence-electron chi connectivity index (χ3n) is 12.3. The summed E-state index contributed by atoms with van der Waals surface area (Å²) in [7, 11) is 0. The van der Waals surface area contributed by atoms with Crippen LogP contribution in [-0.2, 0) is 57.6 Å². The second kappa shape index (κ2) is 25.0. The number of para-hydroxylation sites is 1. The van der Waals surface area contributed by atoms with Crippen molar-refractivity contribution in [3.63, 3.8) is 0 Å². The van der Waals surface area contributed by atoms with Crippen LogP contribution >= 0.6 is 0 Å². The summed E-state index contributed by atoms with van der Waals surface area (Å²) in [5, 5.41) is 29.9. The van der Waals surface area contributed by atoms with Crippen molar-refractivity contribution in [2.45, 2.75) is 113 Å². The predicted molar refractivity (Wildman–Crippen MR) is 257 cm³/mol. The number of amides is 9. The highest BCUT2D eigenvalue weighted by molar-refractivity contribution is 6.08. The summed E-state index contributed by atoms with van der Waals surface area (Å²) < 4.78 is 0. The van der Waals surface area contributed by atoms with Gasteiger partial charge < -0.3 is 58.7 Å². The lowest BCUT2D eigenvalue weighted by molar-refractivity contribution is -0.137. The summed E-state index contributed by atoms with van der Waals surface area (Å²) >= 11 is 0. The van der Waals surface area contributed by atoms with Gasteiger partial charge in [0.15, 0.2) is 5.78 Å². The topological polar surface area (TPSA) is 373 Å². The van der Waals surface area contributed by atoms with Crippen molar-refractivity contribution < 1.29 is 43.2 Å². The molecule has 0 aliphatic carbocycles. The molecule has 6 rings (SSSR count). The molecule has 4 heterocycles. The minimum Gasteiger partial charge on any atom is -0.377 e. The van der Waals surface area contributed by atoms with Gasteiger partial charge in [-0.2, -0.15) is 0 Å². The maximum absolute atomic E-state index is 14.6. The van der Waals surface area contributed by atoms with Gasteiger partial charge in [-0.1, -0.05) is 48.5 Å². The van der Waals surface area contributed by atoms with Crippen LogP contribution in [-0.4, -0.2) is 141 Å². The normalized spacial score (nSPS) is 25.0. The van der Waals surface area contributed by atoms with Crippen LogP contribution in [0.1, 0.15) is 62.3 Å². The van der Waals surface area contributed by atoms with Gasteiger partial charge in [-0.15, -0.1) is 0 Å². The largest absolute Gasteiger partial charge is 0.377 e. The number of carbonyl (C=O) groups is 9. The number of imide groups is 1. The Morgan fingerprint density at radius 3 is 2.14 bits per heavy atom. The van der Waals surface area contributed by atoms with E-state index in [0.29, 0.717) is 21.7 Å². The second-order valence-electron chi connectivity index (χ2n) is 17.4. The fourth-order valence-electron chi connectivity index (χ4n) is 8.38. The van der Waals surface area contributed by atoms with Crippen LogP contribution in [0.15, 0.2) is 73.3 Å². The van der Waals surface area contributed by atoms with Crippen molar-refractivity contribution in [3.8, 4) is 0 Å². The summed E-state index contributed by atoms with van der Waals surface area (Å²) in [5.74, 6) is -6.24. The first kappa shape index (κ1) is 52.4. The highest BCUT2D eigenvalue weighted by atomic mass is 16.2. The predicted octanol–water partition coefficient (Wildman–Crippen LogP) is -1.87. The number of carbonyl (C=O) groups excluding carboxylic acids is 9. The van der Waals surface area contributed by atoms with Gasteiger partial charge in [0.1, 0.15) is 48.5 Å². The fourth-order valence-corrected chi connectivity index (χ4v) is 8.38. The highest BCUT2D eigenvalue weighted by Crippen LogP contribution is 2.20. The Morgan fingerprint density at radius 1 is 0.789 bits per heavy atom. The summed E-state index contributed by atoms with van der Waals surface area (Å²) in [6, 6.07) is 5.84. The van der Waals surface area contributed by atoms with Crippen LogP contribution in [0.25, 0.3) is 10.9 Å². The van der Waals surface area contributed by atoms with Crippen LogP contribution in [0.2, 0.25) is 0 Å². The number of hydrogen-bond acceptors (Lipinski definition) is 13. The van der Waals surface area contributed by atoms with E-state index in [9.17, 15) is 43.2 Å². The molecule has 24 nitrogen and oxygen atoms in total. The Hall–Kier alpha value is -7.99. The molecule has 8 atom stereocenters. The van der Waals surface area contributed by atoms with Gasteiger partial charge in [-0.25, -0.2) is 9.78 Å². The van der Waals surface area contributed by atoms with E-state index in [0.717, 1.165) is 17.2 Å². The zero-order valence-electron chi connectivity index (χ0n) is 39.1. The summed E-state index contributed by atoms with van der Waals surface area (Å²) in [6.45, 7) is 1.63. The van der Waals surface area contributed by atoms with E-state index in [-0.39, 0.29) is 70.9 Å². The van der Waals surface area contributed by atoms with E-state index in [4.69, 9.17) is 16.9 Å². The summed E-state index contributed by atoms with van der Waals surface area (Å²) in [5.41, 5.74) is 14.3. The molecule has 2 saturated heterocycles. The third kappa shape index (κ3) is 14.3. The lowest BCUT2D eigenvalue weighted by Crippen LogP contribution is -2.60. The van der Waals surface area contributed by atoms with Gasteiger partial charge in [0.05, 0.1) is 12.7 Å². The minimum atomic E-state index is -1.44. The molecule has 0 radical (unpaired) electrons. The molecule has 9 amide bonds. The van der Waals surface area contributed by atoms with Gasteiger partial charge in [0.2, 0.25) is 35.4 Å². The molecule has 15 N–H and O–H groups in total. The summed E-state index contributed by atoms with van der Waals surface area (Å²) in [4.78, 5) is 135. The van der Waals surface area contributed by atoms with Gasteiger partial charge in [0, 0.05) is 61.2 Å². The molecule has 2 aliphatic heterocycles. The Labute approximate surface area is 408 Å². The summed E-state index contributed by atoms with van der Waals surface area (Å²) in [6.07, 6.45) is 3.99. The highest BCUT2D eigenvalue weighted by Gasteiger charge is 2.44. The van der Waals surface area contributed by atoms with E-state index in [1.807, 2.05) is 24.3 Å². The number of aromatic nitrogens is 3. The smallest absolute Gasteiger partial charge is 0.325 e. The van der Waals surface area contributed by atoms with Crippen molar-refractivity contribution >= 4 is 70.4 Å². The van der Waals surface area contributed by atoms with Crippen LogP contribution < -0.4 is 54.0 Å². The molecule has 2 bridgehead atoms. The van der Waals surface area contributed by atoms with Crippen molar-refractivity contribution in [2.24, 2.45) is 11.5 Å². The lowest BCUT2D eigenvalue weighted by atomic mass is 10.0. The molecular weight excluding hydrogens is 919 g/mol. The molecule has 24 heteroatoms. The number of nitrogens with zero attached hydrogens (tertiary/aromatic N) is 2. The molecule has 0 spiro atoms. The zero-order chi connectivity index (χ0) is 51.0. The van der Waals surface area contributed by atoms with E-state index in [2.05, 4.69) is 57.5 Å². The number of rotatable bonds is 12. The first-order valence-corrected chi connectivity index (χ1v) is 23.4. The molecule has 1 unspecified atom stereocenters. The SMILES string of the molecule is C[C@@H]1C(=O)N[C@@H](Cc2cnc[nH]2)C(=O)N[C@H](Cc2ccccc2)C(=O)N[C@@H](CCCNC=N)C(=O)N[C@@H](Cc2c[nH]c3ccccc23)C(=O)N[C@H](C(N)=O)CCCNC(N)C(=O)CC[C@@H]2NC(=O)N1C2=O. The Bertz CT molecular complexity index is 2550. The Morgan fingerprint density at radius 2 is 1.44 bits per heavy atom. The number of hydrogen-bond donors (Lipinski definition) is 13. The zero-order valence-corrected chi connectivity index (χ0v) is 39.1. The number of ketones is 1. The Kier molecular flexibility index (Phi) is 18.5. The number of aromatic amines is 2. The average Bonchev–Trinajstić information content (AvgIpc) is 4.10. The molecule has 0 saturated carbocycles. The van der Waals surface area contributed by atoms with Crippen LogP contribution in [0.3, 0.4) is 0 Å². The number of benzene rings is 2. The number of nitrogens with one attached hydrogen (secondary N) is 11. The van der Waals surface area contributed by atoms with E-state index in [1.165, 1.54) is 19.4 Å². The van der Waals surface area contributed by atoms with Gasteiger partial charge in [-0.05, 0) is 62.8 Å². The molecule has 2 aromatic carbocycles. The molecule has 2 aliphatic rings. The monoisotopic (exact) mass is 979 g/mol. The first-order chi connectivity index (χ1) is 34.1. The molecule has 2 fully saturated rings. The van der Waals surface area contributed by atoms with Crippen molar-refractivity contribution in [1.29, 1.82) is 5.41 Å². The maximum Gasteiger partial charge on any atom is 0.325 e. The van der Waals surface area contributed by atoms with Gasteiger partial charge in [0.25, 0.3) is 5.91 Å². The van der Waals surface area contributed by atoms with Crippen molar-refractivity contribution in [1.82, 2.24) is 62.4 Å². The number of Topliss-reactive ketones (excluding diaryl/α,β-unsaturated/α-hetero) is 1. The maximum atomic E-state index is 14.6. The average molecular weight is 980 g/mol. The fraction of sp³-hybridized carbons (Fsp3) is 0.426. The number of urea groups is 1. The Balaban J connectivity index is 1.35. The molecular formula is C47H61N15O9. The first-order valence-electron chi connectivity index (χ1n) is 23.4. The number of H-pyrrole nitrogens is 2. The number of primary amides is 1. The lowest BCUT2D eigenvalue weighted by Gasteiger charge is -2.28. The minimum absolute atomic E-state index is 0.00289. The number of imidazole rings is 1.